The lowest BCUT2D eigenvalue weighted by molar-refractivity contribution is -0.115. The maximum absolute atomic E-state index is 12.4. The number of nitrogens with one attached hydrogen (secondary N) is 2. The highest BCUT2D eigenvalue weighted by Crippen LogP contribution is 2.26. The van der Waals surface area contributed by atoms with Crippen LogP contribution in [-0.4, -0.2) is 44.9 Å². The Morgan fingerprint density at radius 1 is 1.26 bits per heavy atom. The fourth-order valence-electron chi connectivity index (χ4n) is 2.19. The molecule has 3 N–H and O–H groups in total. The van der Waals surface area contributed by atoms with Gasteiger partial charge in [-0.25, -0.2) is 0 Å². The molecule has 0 fully saturated rings. The SMILES string of the molecule is CC(C)Nc1nc(NCC(F)(F)F)nc(C2=CC(O)CCC2)n1. The van der Waals surface area contributed by atoms with E-state index in [1.54, 1.807) is 6.08 Å². The number of allylic oxidation sites excluding steroid dienone is 1. The Kier molecular flexibility index (Phi) is 5.40. The van der Waals surface area contributed by atoms with Gasteiger partial charge in [-0.15, -0.1) is 0 Å². The van der Waals surface area contributed by atoms with Gasteiger partial charge in [0, 0.05) is 6.04 Å². The van der Waals surface area contributed by atoms with Crippen molar-refractivity contribution < 1.29 is 18.3 Å². The van der Waals surface area contributed by atoms with Crippen LogP contribution in [0.4, 0.5) is 25.1 Å². The van der Waals surface area contributed by atoms with E-state index in [4.69, 9.17) is 0 Å². The Bertz CT molecular complexity index is 574. The molecule has 6 nitrogen and oxygen atoms in total. The first-order chi connectivity index (χ1) is 10.7. The average molecular weight is 331 g/mol. The third-order valence-corrected chi connectivity index (χ3v) is 3.13. The van der Waals surface area contributed by atoms with Gasteiger partial charge in [0.2, 0.25) is 11.9 Å². The number of nitrogens with zero attached hydrogens (tertiary/aromatic N) is 3. The average Bonchev–Trinajstić information content (AvgIpc) is 2.43. The summed E-state index contributed by atoms with van der Waals surface area (Å²) in [5, 5.41) is 14.8. The van der Waals surface area contributed by atoms with Crippen molar-refractivity contribution in [3.05, 3.63) is 11.9 Å². The van der Waals surface area contributed by atoms with Crippen molar-refractivity contribution in [2.24, 2.45) is 0 Å². The molecule has 1 aromatic rings. The second kappa shape index (κ2) is 7.12. The molecule has 23 heavy (non-hydrogen) atoms. The van der Waals surface area contributed by atoms with Crippen LogP contribution in [0.3, 0.4) is 0 Å². The highest BCUT2D eigenvalue weighted by atomic mass is 19.4. The smallest absolute Gasteiger partial charge is 0.389 e. The minimum atomic E-state index is -4.36. The number of alkyl halides is 3. The first-order valence-corrected chi connectivity index (χ1v) is 7.45. The van der Waals surface area contributed by atoms with Crippen LogP contribution in [0.25, 0.3) is 5.57 Å². The van der Waals surface area contributed by atoms with Gasteiger partial charge in [0.05, 0.1) is 6.10 Å². The third kappa shape index (κ3) is 5.66. The van der Waals surface area contributed by atoms with E-state index < -0.39 is 18.8 Å². The number of aliphatic hydroxyl groups is 1. The highest BCUT2D eigenvalue weighted by Gasteiger charge is 2.27. The van der Waals surface area contributed by atoms with Gasteiger partial charge in [0.1, 0.15) is 6.54 Å². The van der Waals surface area contributed by atoms with Crippen LogP contribution in [0.1, 0.15) is 38.9 Å². The molecule has 2 rings (SSSR count). The van der Waals surface area contributed by atoms with Gasteiger partial charge in [0.15, 0.2) is 5.82 Å². The van der Waals surface area contributed by atoms with E-state index in [1.165, 1.54) is 0 Å². The summed E-state index contributed by atoms with van der Waals surface area (Å²) in [6, 6.07) is 0.0200. The van der Waals surface area contributed by atoms with Crippen molar-refractivity contribution in [3.63, 3.8) is 0 Å². The summed E-state index contributed by atoms with van der Waals surface area (Å²) < 4.78 is 37.1. The summed E-state index contributed by atoms with van der Waals surface area (Å²) in [7, 11) is 0. The zero-order chi connectivity index (χ0) is 17.0. The number of aromatic nitrogens is 3. The predicted molar refractivity (Wildman–Crippen MR) is 81.0 cm³/mol. The Balaban J connectivity index is 2.29. The van der Waals surface area contributed by atoms with Crippen molar-refractivity contribution in [2.45, 2.75) is 51.4 Å². The summed E-state index contributed by atoms with van der Waals surface area (Å²) in [5.74, 6) is 0.346. The van der Waals surface area contributed by atoms with E-state index >= 15 is 0 Å². The van der Waals surface area contributed by atoms with Crippen LogP contribution in [0.15, 0.2) is 6.08 Å². The Morgan fingerprint density at radius 2 is 1.96 bits per heavy atom. The summed E-state index contributed by atoms with van der Waals surface area (Å²) in [6.07, 6.45) is -1.20. The molecule has 0 bridgehead atoms. The normalized spacial score (nSPS) is 18.7. The summed E-state index contributed by atoms with van der Waals surface area (Å²) in [4.78, 5) is 12.2. The molecule has 1 aliphatic carbocycles. The van der Waals surface area contributed by atoms with Crippen molar-refractivity contribution >= 4 is 17.5 Å². The Morgan fingerprint density at radius 3 is 2.57 bits per heavy atom. The molecule has 0 saturated carbocycles. The number of rotatable bonds is 5. The monoisotopic (exact) mass is 331 g/mol. The van der Waals surface area contributed by atoms with Gasteiger partial charge in [-0.1, -0.05) is 0 Å². The summed E-state index contributed by atoms with van der Waals surface area (Å²) in [6.45, 7) is 2.52. The van der Waals surface area contributed by atoms with Crippen LogP contribution in [0, 0.1) is 0 Å². The lowest BCUT2D eigenvalue weighted by Crippen LogP contribution is -2.23. The van der Waals surface area contributed by atoms with Crippen LogP contribution in [0.2, 0.25) is 0 Å². The number of halogens is 3. The quantitative estimate of drug-likeness (QED) is 0.769. The van der Waals surface area contributed by atoms with Crippen LogP contribution in [0.5, 0.6) is 0 Å². The largest absolute Gasteiger partial charge is 0.405 e. The van der Waals surface area contributed by atoms with Crippen molar-refractivity contribution in [2.75, 3.05) is 17.2 Å². The van der Waals surface area contributed by atoms with E-state index in [0.717, 1.165) is 6.42 Å². The molecule has 0 saturated heterocycles. The molecule has 128 valence electrons. The molecule has 0 spiro atoms. The summed E-state index contributed by atoms with van der Waals surface area (Å²) in [5.41, 5.74) is 0.716. The van der Waals surface area contributed by atoms with Gasteiger partial charge in [-0.3, -0.25) is 0 Å². The lowest BCUT2D eigenvalue weighted by atomic mass is 9.97. The van der Waals surface area contributed by atoms with Gasteiger partial charge < -0.3 is 15.7 Å². The second-order valence-corrected chi connectivity index (χ2v) is 5.73. The fraction of sp³-hybridized carbons (Fsp3) is 0.643. The van der Waals surface area contributed by atoms with Gasteiger partial charge in [-0.05, 0) is 44.8 Å². The molecule has 1 aromatic heterocycles. The van der Waals surface area contributed by atoms with Crippen molar-refractivity contribution in [3.8, 4) is 0 Å². The van der Waals surface area contributed by atoms with E-state index in [2.05, 4.69) is 25.6 Å². The van der Waals surface area contributed by atoms with E-state index in [9.17, 15) is 18.3 Å². The highest BCUT2D eigenvalue weighted by molar-refractivity contribution is 5.63. The first kappa shape index (κ1) is 17.5. The van der Waals surface area contributed by atoms with Crippen molar-refractivity contribution in [1.82, 2.24) is 15.0 Å². The van der Waals surface area contributed by atoms with Gasteiger partial charge in [0.25, 0.3) is 0 Å². The Hall–Kier alpha value is -1.90. The molecule has 0 aromatic carbocycles. The van der Waals surface area contributed by atoms with Gasteiger partial charge in [-0.2, -0.15) is 28.1 Å². The van der Waals surface area contributed by atoms with E-state index in [-0.39, 0.29) is 23.8 Å². The lowest BCUT2D eigenvalue weighted by Gasteiger charge is -2.18. The maximum Gasteiger partial charge on any atom is 0.405 e. The molecule has 0 amide bonds. The topological polar surface area (TPSA) is 83.0 Å². The van der Waals surface area contributed by atoms with E-state index in [1.807, 2.05) is 13.8 Å². The standard InChI is InChI=1S/C14H20F3N5O/c1-8(2)19-13-21-11(9-4-3-5-10(23)6-9)20-12(22-13)18-7-14(15,16)17/h6,8,10,23H,3-5,7H2,1-2H3,(H2,18,19,20,21,22). The second-order valence-electron chi connectivity index (χ2n) is 5.73. The fourth-order valence-corrected chi connectivity index (χ4v) is 2.19. The molecule has 0 radical (unpaired) electrons. The summed E-state index contributed by atoms with van der Waals surface area (Å²) >= 11 is 0. The minimum absolute atomic E-state index is 0.0200. The third-order valence-electron chi connectivity index (χ3n) is 3.13. The number of aliphatic hydroxyl groups excluding tert-OH is 1. The zero-order valence-corrected chi connectivity index (χ0v) is 13.0. The van der Waals surface area contributed by atoms with Crippen LogP contribution in [-0.2, 0) is 0 Å². The molecular formula is C14H20F3N5O. The molecule has 1 heterocycles. The van der Waals surface area contributed by atoms with Crippen LogP contribution < -0.4 is 10.6 Å². The molecule has 1 unspecified atom stereocenters. The zero-order valence-electron chi connectivity index (χ0n) is 13.0. The van der Waals surface area contributed by atoms with Crippen LogP contribution >= 0.6 is 0 Å². The molecule has 1 atom stereocenters. The Labute approximate surface area is 132 Å². The number of hydrogen-bond acceptors (Lipinski definition) is 6. The molecule has 9 heteroatoms. The number of anilines is 2. The van der Waals surface area contributed by atoms with E-state index in [0.29, 0.717) is 18.4 Å². The predicted octanol–water partition coefficient (Wildman–Crippen LogP) is 2.59. The van der Waals surface area contributed by atoms with Crippen molar-refractivity contribution in [1.29, 1.82) is 0 Å². The number of hydrogen-bond donors (Lipinski definition) is 3. The minimum Gasteiger partial charge on any atom is -0.389 e. The van der Waals surface area contributed by atoms with Gasteiger partial charge >= 0.3 is 6.18 Å². The maximum atomic E-state index is 12.4. The molecule has 0 aliphatic heterocycles. The molecule has 1 aliphatic rings. The first-order valence-electron chi connectivity index (χ1n) is 7.45. The molecular weight excluding hydrogens is 311 g/mol.